The Morgan fingerprint density at radius 2 is 1.28 bits per heavy atom. The third kappa shape index (κ3) is 3.93. The summed E-state index contributed by atoms with van der Waals surface area (Å²) >= 11 is 26.9. The number of nitrogens with one attached hydrogen (secondary N) is 1. The highest BCUT2D eigenvalue weighted by atomic mass is 35.5. The van der Waals surface area contributed by atoms with Gasteiger partial charge in [0.05, 0.1) is 22.5 Å². The second-order valence-electron chi connectivity index (χ2n) is 10.3. The van der Waals surface area contributed by atoms with Gasteiger partial charge in [-0.05, 0) is 53.3 Å². The molecule has 0 unspecified atom stereocenters. The summed E-state index contributed by atoms with van der Waals surface area (Å²) in [7, 11) is 0. The van der Waals surface area contributed by atoms with E-state index in [1.54, 1.807) is 18.2 Å². The Bertz CT molecular complexity index is 1400. The van der Waals surface area contributed by atoms with Crippen LogP contribution in [0.4, 0.5) is 5.69 Å². The first-order valence-electron chi connectivity index (χ1n) is 12.9. The van der Waals surface area contributed by atoms with Crippen LogP contribution in [0.3, 0.4) is 0 Å². The fraction of sp³-hybridized carbons (Fsp3) is 0.300. The molecule has 1 heterocycles. The number of amides is 3. The average molecular weight is 602 g/mol. The first-order chi connectivity index (χ1) is 18.7. The van der Waals surface area contributed by atoms with E-state index in [0.29, 0.717) is 35.0 Å². The third-order valence-corrected chi connectivity index (χ3v) is 10.00. The molecule has 39 heavy (non-hydrogen) atoms. The molecule has 3 aliphatic carbocycles. The molecule has 2 bridgehead atoms. The zero-order valence-electron chi connectivity index (χ0n) is 20.7. The Morgan fingerprint density at radius 3 is 1.77 bits per heavy atom. The van der Waals surface area contributed by atoms with Crippen molar-refractivity contribution in [2.24, 2.45) is 11.8 Å². The van der Waals surface area contributed by atoms with Crippen LogP contribution >= 0.6 is 46.4 Å². The quantitative estimate of drug-likeness (QED) is 0.179. The van der Waals surface area contributed by atoms with E-state index in [1.807, 2.05) is 48.5 Å². The summed E-state index contributed by atoms with van der Waals surface area (Å²) in [6.45, 7) is 0.252. The monoisotopic (exact) mass is 600 g/mol. The number of halogens is 4. The Morgan fingerprint density at radius 1 is 0.769 bits per heavy atom. The van der Waals surface area contributed by atoms with E-state index < -0.39 is 21.6 Å². The predicted molar refractivity (Wildman–Crippen MR) is 153 cm³/mol. The highest BCUT2D eigenvalue weighted by Gasteiger charge is 2.72. The molecule has 0 spiro atoms. The molecule has 1 fully saturated rings. The van der Waals surface area contributed by atoms with E-state index in [1.165, 1.54) is 4.90 Å². The second-order valence-corrected chi connectivity index (χ2v) is 12.3. The first kappa shape index (κ1) is 26.6. The van der Waals surface area contributed by atoms with Gasteiger partial charge in [-0.1, -0.05) is 78.2 Å². The Kier molecular flexibility index (Phi) is 6.70. The van der Waals surface area contributed by atoms with Gasteiger partial charge in [-0.25, -0.2) is 0 Å². The van der Waals surface area contributed by atoms with Crippen LogP contribution in [0.25, 0.3) is 0 Å². The van der Waals surface area contributed by atoms with Crippen LogP contribution in [0.5, 0.6) is 0 Å². The summed E-state index contributed by atoms with van der Waals surface area (Å²) in [4.78, 5) is 39.0. The van der Waals surface area contributed by atoms with Crippen LogP contribution in [0, 0.1) is 11.8 Å². The highest BCUT2D eigenvalue weighted by molar-refractivity contribution is 6.37. The molecule has 1 aliphatic heterocycles. The summed E-state index contributed by atoms with van der Waals surface area (Å²) < 4.78 is 0. The fourth-order valence-electron chi connectivity index (χ4n) is 6.48. The van der Waals surface area contributed by atoms with Crippen LogP contribution in [0.2, 0.25) is 10.0 Å². The smallest absolute Gasteiger partial charge is 0.235 e. The van der Waals surface area contributed by atoms with Crippen molar-refractivity contribution in [2.45, 2.75) is 35.4 Å². The Balaban J connectivity index is 1.15. The number of carbonyl (C=O) groups excluding carboxylic acids is 3. The van der Waals surface area contributed by atoms with Gasteiger partial charge in [-0.2, -0.15) is 0 Å². The number of likely N-dealkylation sites (tertiary alicyclic amines) is 1. The van der Waals surface area contributed by atoms with E-state index in [-0.39, 0.29) is 30.7 Å². The largest absolute Gasteiger partial charge is 0.325 e. The van der Waals surface area contributed by atoms with Crippen LogP contribution < -0.4 is 5.32 Å². The molecule has 3 aromatic rings. The van der Waals surface area contributed by atoms with Gasteiger partial charge < -0.3 is 5.32 Å². The maximum Gasteiger partial charge on any atom is 0.235 e. The number of nitrogens with zero attached hydrogens (tertiary/aromatic N) is 1. The number of imide groups is 1. The number of benzene rings is 3. The summed E-state index contributed by atoms with van der Waals surface area (Å²) in [6.07, 6.45) is 2.10. The van der Waals surface area contributed by atoms with Crippen molar-refractivity contribution in [2.75, 3.05) is 11.9 Å². The maximum atomic E-state index is 13.8. The molecule has 1 N–H and O–H groups in total. The molecule has 0 aromatic heterocycles. The number of hydrogen-bond acceptors (Lipinski definition) is 3. The molecule has 3 aromatic carbocycles. The van der Waals surface area contributed by atoms with Crippen LogP contribution in [0.15, 0.2) is 66.7 Å². The molecule has 200 valence electrons. The van der Waals surface area contributed by atoms with Gasteiger partial charge in [0, 0.05) is 18.0 Å². The number of alkyl halides is 2. The minimum absolute atomic E-state index is 0.168. The minimum Gasteiger partial charge on any atom is -0.325 e. The molecule has 5 nitrogen and oxygen atoms in total. The average Bonchev–Trinajstić information content (AvgIpc) is 3.19. The van der Waals surface area contributed by atoms with Crippen molar-refractivity contribution < 1.29 is 14.4 Å². The standard InChI is InChI=1S/C30H24Cl4N2O3/c31-17-13-14-23(22(32)16-17)35-24(37)12-2-1-7-15-36-27(38)25-26(28(36)39)30(34)19-9-4-3-8-18(19)29(25,33)20-10-5-6-11-21(20)30/h3-6,8-11,13-14,16,25-26H,1-2,7,12,15H2,(H,35,37)/t25-,26-,29?,30?/m0/s1. The van der Waals surface area contributed by atoms with Gasteiger partial charge in [0.25, 0.3) is 0 Å². The van der Waals surface area contributed by atoms with Gasteiger partial charge in [0.15, 0.2) is 0 Å². The lowest BCUT2D eigenvalue weighted by Gasteiger charge is -2.54. The van der Waals surface area contributed by atoms with Crippen LogP contribution in [-0.4, -0.2) is 29.2 Å². The third-order valence-electron chi connectivity index (χ3n) is 8.17. The van der Waals surface area contributed by atoms with Gasteiger partial charge >= 0.3 is 0 Å². The first-order valence-corrected chi connectivity index (χ1v) is 14.4. The van der Waals surface area contributed by atoms with E-state index >= 15 is 0 Å². The van der Waals surface area contributed by atoms with Gasteiger partial charge in [-0.3, -0.25) is 19.3 Å². The minimum atomic E-state index is -1.17. The molecule has 0 radical (unpaired) electrons. The number of anilines is 1. The van der Waals surface area contributed by atoms with E-state index in [4.69, 9.17) is 46.4 Å². The number of carbonyl (C=O) groups is 3. The van der Waals surface area contributed by atoms with Crippen molar-refractivity contribution >= 4 is 69.8 Å². The highest BCUT2D eigenvalue weighted by Crippen LogP contribution is 2.69. The lowest BCUT2D eigenvalue weighted by atomic mass is 9.54. The van der Waals surface area contributed by atoms with E-state index in [0.717, 1.165) is 22.3 Å². The van der Waals surface area contributed by atoms with Gasteiger partial charge in [0.1, 0.15) is 9.75 Å². The number of rotatable bonds is 7. The molecular weight excluding hydrogens is 578 g/mol. The van der Waals surface area contributed by atoms with Crippen molar-refractivity contribution in [3.05, 3.63) is 99.0 Å². The van der Waals surface area contributed by atoms with E-state index in [2.05, 4.69) is 5.32 Å². The lowest BCUT2D eigenvalue weighted by molar-refractivity contribution is -0.140. The molecular formula is C30H24Cl4N2O3. The van der Waals surface area contributed by atoms with Crippen LogP contribution in [0.1, 0.15) is 47.9 Å². The second kappa shape index (κ2) is 9.81. The molecule has 0 saturated carbocycles. The zero-order valence-corrected chi connectivity index (χ0v) is 23.7. The maximum absolute atomic E-state index is 13.8. The lowest BCUT2D eigenvalue weighted by Crippen LogP contribution is -2.57. The summed E-state index contributed by atoms with van der Waals surface area (Å²) in [5, 5.41) is 3.64. The summed E-state index contributed by atoms with van der Waals surface area (Å²) in [5.74, 6) is -2.32. The molecule has 4 aliphatic rings. The predicted octanol–water partition coefficient (Wildman–Crippen LogP) is 7.09. The van der Waals surface area contributed by atoms with Gasteiger partial charge in [-0.15, -0.1) is 23.2 Å². The normalized spacial score (nSPS) is 26.3. The molecule has 3 amide bonds. The molecule has 1 saturated heterocycles. The SMILES string of the molecule is O=C(CCCCCN1C(=O)[C@@H]2[C@@H](C1=O)C1(Cl)c3ccccc3C2(Cl)c2ccccc21)Nc1ccc(Cl)cc1Cl. The molecule has 7 rings (SSSR count). The molecule has 2 atom stereocenters. The number of unbranched alkanes of at least 4 members (excludes halogenated alkanes) is 2. The molecule has 9 heteroatoms. The zero-order chi connectivity index (χ0) is 27.5. The van der Waals surface area contributed by atoms with Crippen molar-refractivity contribution in [3.63, 3.8) is 0 Å². The summed E-state index contributed by atoms with van der Waals surface area (Å²) in [5.41, 5.74) is 3.66. The van der Waals surface area contributed by atoms with Crippen molar-refractivity contribution in [1.82, 2.24) is 4.90 Å². The topological polar surface area (TPSA) is 66.5 Å². The fourth-order valence-corrected chi connectivity index (χ4v) is 8.03. The van der Waals surface area contributed by atoms with Crippen molar-refractivity contribution in [1.29, 1.82) is 0 Å². The van der Waals surface area contributed by atoms with Crippen molar-refractivity contribution in [3.8, 4) is 0 Å². The van der Waals surface area contributed by atoms with E-state index in [9.17, 15) is 14.4 Å². The Hall–Kier alpha value is -2.57. The Labute approximate surface area is 246 Å². The number of hydrogen-bond donors (Lipinski definition) is 1. The summed E-state index contributed by atoms with van der Waals surface area (Å²) in [6, 6.07) is 20.1. The van der Waals surface area contributed by atoms with Crippen LogP contribution in [-0.2, 0) is 24.1 Å². The van der Waals surface area contributed by atoms with Gasteiger partial charge in [0.2, 0.25) is 17.7 Å².